The lowest BCUT2D eigenvalue weighted by Crippen LogP contribution is -2.25. The van der Waals surface area contributed by atoms with Crippen LogP contribution in [0, 0.1) is 0 Å². The van der Waals surface area contributed by atoms with E-state index >= 15 is 0 Å². The second-order valence-corrected chi connectivity index (χ2v) is 12.2. The molecule has 20 heteroatoms. The molecule has 0 saturated carbocycles. The summed E-state index contributed by atoms with van der Waals surface area (Å²) in [7, 11) is 0. The van der Waals surface area contributed by atoms with Crippen LogP contribution in [0.15, 0.2) is 60.7 Å². The van der Waals surface area contributed by atoms with Gasteiger partial charge in [0.1, 0.15) is 100 Å². The van der Waals surface area contributed by atoms with Crippen LogP contribution in [0.2, 0.25) is 0 Å². The zero-order chi connectivity index (χ0) is 41.5. The van der Waals surface area contributed by atoms with Crippen molar-refractivity contribution in [2.24, 2.45) is 0 Å². The van der Waals surface area contributed by atoms with E-state index in [2.05, 4.69) is 18.9 Å². The highest BCUT2D eigenvalue weighted by Crippen LogP contribution is 2.38. The van der Waals surface area contributed by atoms with Crippen molar-refractivity contribution in [2.45, 2.75) is 30.8 Å². The fourth-order valence-electron chi connectivity index (χ4n) is 5.29. The predicted molar refractivity (Wildman–Crippen MR) is 193 cm³/mol. The fourth-order valence-corrected chi connectivity index (χ4v) is 5.29. The summed E-state index contributed by atoms with van der Waals surface area (Å²) in [6.07, 6.45) is -11.7. The van der Waals surface area contributed by atoms with Gasteiger partial charge in [0.05, 0.1) is 0 Å². The normalized spacial score (nSPS) is 13.1. The molecule has 308 valence electrons. The van der Waals surface area contributed by atoms with Gasteiger partial charge in [0.25, 0.3) is 0 Å². The van der Waals surface area contributed by atoms with Gasteiger partial charge in [-0.25, -0.2) is 19.2 Å². The Balaban J connectivity index is 1.79. The molecule has 4 unspecified atom stereocenters. The first kappa shape index (κ1) is 43.3. The lowest BCUT2D eigenvalue weighted by molar-refractivity contribution is 0.0193. The molecule has 20 nitrogen and oxygen atoms in total. The van der Waals surface area contributed by atoms with E-state index in [0.717, 1.165) is 0 Å². The number of hydrogen-bond donors (Lipinski definition) is 8. The maximum Gasteiger partial charge on any atom is 0.505 e. The van der Waals surface area contributed by atoms with Crippen molar-refractivity contribution in [1.82, 2.24) is 0 Å². The third-order valence-corrected chi connectivity index (χ3v) is 7.82. The fraction of sp³-hybridized carbons (Fsp3) is 0.351. The van der Waals surface area contributed by atoms with Crippen LogP contribution < -0.4 is 18.9 Å². The summed E-state index contributed by atoms with van der Waals surface area (Å²) >= 11 is 0. The second-order valence-electron chi connectivity index (χ2n) is 12.2. The van der Waals surface area contributed by atoms with Crippen LogP contribution >= 0.6 is 0 Å². The molecule has 0 aliphatic carbocycles. The molecule has 0 fully saturated rings. The van der Waals surface area contributed by atoms with Crippen LogP contribution in [0.25, 0.3) is 21.5 Å². The summed E-state index contributed by atoms with van der Waals surface area (Å²) in [5.41, 5.74) is 0.942. The first-order chi connectivity index (χ1) is 27.2. The maximum absolute atomic E-state index is 10.9. The summed E-state index contributed by atoms with van der Waals surface area (Å²) in [6.45, 7) is -3.73. The van der Waals surface area contributed by atoms with Gasteiger partial charge in [0, 0.05) is 17.5 Å². The molecule has 0 spiro atoms. The standard InChI is InChI=1S/C37H40O20/c38-22(16-54-34(42)43)12-50-26-5-1-20-3-7-32(52-14-24(40)18-56-36(46)47)30(28(20)9-26)11-31-29-10-27(51-13-23(39)17-55-35(44)45)6-2-21(29)4-8-33(31)53-15-25(41)19-57-37(48)49/h1-10,22-25,38-41H,11-19H2,(H,42,43)(H,44,45)(H,46,47)(H,48,49). The van der Waals surface area contributed by atoms with E-state index in [1.54, 1.807) is 60.7 Å². The van der Waals surface area contributed by atoms with Gasteiger partial charge in [-0.3, -0.25) is 0 Å². The van der Waals surface area contributed by atoms with E-state index in [0.29, 0.717) is 32.7 Å². The van der Waals surface area contributed by atoms with Crippen molar-refractivity contribution < 1.29 is 97.9 Å². The molecule has 0 radical (unpaired) electrons. The second kappa shape index (κ2) is 21.0. The van der Waals surface area contributed by atoms with Gasteiger partial charge in [0.15, 0.2) is 0 Å². The minimum absolute atomic E-state index is 0.0140. The van der Waals surface area contributed by atoms with E-state index in [-0.39, 0.29) is 42.6 Å². The van der Waals surface area contributed by atoms with Gasteiger partial charge in [-0.2, -0.15) is 0 Å². The highest BCUT2D eigenvalue weighted by Gasteiger charge is 2.20. The Kier molecular flexibility index (Phi) is 15.9. The van der Waals surface area contributed by atoms with Crippen molar-refractivity contribution in [2.75, 3.05) is 52.9 Å². The van der Waals surface area contributed by atoms with Crippen LogP contribution in [-0.2, 0) is 25.4 Å². The molecule has 4 rings (SSSR count). The first-order valence-corrected chi connectivity index (χ1v) is 17.0. The van der Waals surface area contributed by atoms with E-state index in [1.165, 1.54) is 0 Å². The SMILES string of the molecule is O=C(O)OCC(O)COc1ccc2ccc(OCC(O)COC(=O)O)c(Cc3c(OCC(O)COC(=O)O)ccc4ccc(OCC(O)COC(=O)O)cc34)c2c1. The molecule has 0 aliphatic rings. The number of aliphatic hydroxyl groups excluding tert-OH is 4. The third kappa shape index (κ3) is 14.0. The Morgan fingerprint density at radius 3 is 1.04 bits per heavy atom. The number of ether oxygens (including phenoxy) is 8. The molecule has 0 saturated heterocycles. The number of fused-ring (bicyclic) bond motifs is 2. The van der Waals surface area contributed by atoms with E-state index in [4.69, 9.17) is 39.4 Å². The quantitative estimate of drug-likeness (QED) is 0.0417. The molecule has 0 aromatic heterocycles. The molecule has 4 aromatic rings. The van der Waals surface area contributed by atoms with E-state index in [1.807, 2.05) is 0 Å². The summed E-state index contributed by atoms with van der Waals surface area (Å²) in [5.74, 6) is 0.941. The zero-order valence-corrected chi connectivity index (χ0v) is 29.9. The molecular formula is C37H40O20. The molecular weight excluding hydrogens is 764 g/mol. The van der Waals surface area contributed by atoms with Crippen LogP contribution in [0.5, 0.6) is 23.0 Å². The molecule has 0 heterocycles. The third-order valence-electron chi connectivity index (χ3n) is 7.82. The van der Waals surface area contributed by atoms with Crippen LogP contribution in [0.4, 0.5) is 19.2 Å². The van der Waals surface area contributed by atoms with Gasteiger partial charge in [-0.05, 0) is 57.9 Å². The smallest absolute Gasteiger partial charge is 0.491 e. The van der Waals surface area contributed by atoms with Gasteiger partial charge < -0.3 is 78.7 Å². The maximum atomic E-state index is 10.9. The molecule has 0 aliphatic heterocycles. The number of carbonyl (C=O) groups is 4. The lowest BCUT2D eigenvalue weighted by Gasteiger charge is -2.21. The van der Waals surface area contributed by atoms with E-state index in [9.17, 15) is 39.6 Å². The molecule has 4 atom stereocenters. The van der Waals surface area contributed by atoms with Gasteiger partial charge >= 0.3 is 24.6 Å². The van der Waals surface area contributed by atoms with Crippen molar-refractivity contribution in [3.8, 4) is 23.0 Å². The number of hydrogen-bond acceptors (Lipinski definition) is 16. The van der Waals surface area contributed by atoms with Crippen LogP contribution in [0.1, 0.15) is 11.1 Å². The average molecular weight is 805 g/mol. The predicted octanol–water partition coefficient (Wildman–Crippen LogP) is 3.32. The van der Waals surface area contributed by atoms with Crippen LogP contribution in [-0.4, -0.2) is 143 Å². The van der Waals surface area contributed by atoms with Crippen LogP contribution in [0.3, 0.4) is 0 Å². The molecule has 57 heavy (non-hydrogen) atoms. The van der Waals surface area contributed by atoms with Crippen molar-refractivity contribution in [3.05, 3.63) is 71.8 Å². The number of benzene rings is 4. The highest BCUT2D eigenvalue weighted by atomic mass is 16.7. The highest BCUT2D eigenvalue weighted by molar-refractivity contribution is 5.93. The molecule has 8 N–H and O–H groups in total. The van der Waals surface area contributed by atoms with Gasteiger partial charge in [0.2, 0.25) is 0 Å². The Bertz CT molecular complexity index is 1850. The summed E-state index contributed by atoms with van der Waals surface area (Å²) in [5, 5.41) is 78.7. The van der Waals surface area contributed by atoms with E-state index < -0.39 is 88.7 Å². The monoisotopic (exact) mass is 804 g/mol. The van der Waals surface area contributed by atoms with Crippen molar-refractivity contribution >= 4 is 46.2 Å². The topological polar surface area (TPSA) is 304 Å². The Morgan fingerprint density at radius 1 is 0.421 bits per heavy atom. The zero-order valence-electron chi connectivity index (χ0n) is 29.9. The first-order valence-electron chi connectivity index (χ1n) is 17.0. The average Bonchev–Trinajstić information content (AvgIpc) is 3.17. The van der Waals surface area contributed by atoms with Crippen molar-refractivity contribution in [3.63, 3.8) is 0 Å². The van der Waals surface area contributed by atoms with Gasteiger partial charge in [-0.1, -0.05) is 24.3 Å². The molecule has 0 bridgehead atoms. The molecule has 0 amide bonds. The summed E-state index contributed by atoms with van der Waals surface area (Å²) in [6, 6.07) is 16.5. The Morgan fingerprint density at radius 2 is 0.719 bits per heavy atom. The van der Waals surface area contributed by atoms with Gasteiger partial charge in [-0.15, -0.1) is 0 Å². The number of aliphatic hydroxyl groups is 4. The largest absolute Gasteiger partial charge is 0.505 e. The minimum atomic E-state index is -1.60. The number of carboxylic acid groups (broad SMARTS) is 4. The Hall–Kier alpha value is -6.48. The lowest BCUT2D eigenvalue weighted by atomic mass is 9.93. The summed E-state index contributed by atoms with van der Waals surface area (Å²) in [4.78, 5) is 43.2. The minimum Gasteiger partial charge on any atom is -0.491 e. The number of rotatable bonds is 22. The van der Waals surface area contributed by atoms with Crippen molar-refractivity contribution in [1.29, 1.82) is 0 Å². The Labute approximate surface area is 322 Å². The molecule has 4 aromatic carbocycles. The summed E-state index contributed by atoms with van der Waals surface area (Å²) < 4.78 is 41.2.